The molecule has 0 aromatic heterocycles. The quantitative estimate of drug-likeness (QED) is 0.650. The maximum atomic E-state index is 12.6. The summed E-state index contributed by atoms with van der Waals surface area (Å²) in [6, 6.07) is 10.4. The number of ether oxygens (including phenoxy) is 1. The van der Waals surface area contributed by atoms with Gasteiger partial charge in [-0.15, -0.1) is 0 Å². The number of amides is 1. The van der Waals surface area contributed by atoms with E-state index in [9.17, 15) is 23.1 Å². The second kappa shape index (κ2) is 7.49. The van der Waals surface area contributed by atoms with Crippen molar-refractivity contribution in [1.29, 1.82) is 0 Å². The molecule has 0 aliphatic rings. The third kappa shape index (κ3) is 5.31. The summed E-state index contributed by atoms with van der Waals surface area (Å²) in [7, 11) is 0. The predicted octanol–water partition coefficient (Wildman–Crippen LogP) is 2.94. The topological polar surface area (TPSA) is 70.9 Å². The molecule has 126 valence electrons. The van der Waals surface area contributed by atoms with Crippen LogP contribution in [0.1, 0.15) is 11.1 Å². The van der Waals surface area contributed by atoms with Crippen molar-refractivity contribution in [2.24, 2.45) is 5.10 Å². The Morgan fingerprint density at radius 3 is 2.67 bits per heavy atom. The maximum Gasteiger partial charge on any atom is 0.416 e. The average molecular weight is 338 g/mol. The summed E-state index contributed by atoms with van der Waals surface area (Å²) in [6.07, 6.45) is -3.17. The van der Waals surface area contributed by atoms with Gasteiger partial charge in [0.25, 0.3) is 5.91 Å². The molecule has 2 N–H and O–H groups in total. The molecule has 0 atom stereocenters. The summed E-state index contributed by atoms with van der Waals surface area (Å²) < 4.78 is 42.7. The van der Waals surface area contributed by atoms with E-state index in [0.29, 0.717) is 5.56 Å². The van der Waals surface area contributed by atoms with Gasteiger partial charge >= 0.3 is 6.18 Å². The molecule has 2 aromatic rings. The molecule has 0 aliphatic heterocycles. The summed E-state index contributed by atoms with van der Waals surface area (Å²) in [5.74, 6) is -0.654. The SMILES string of the molecule is O=C(COc1cccc(C(F)(F)F)c1)N/N=C/c1cccc(O)c1. The molecular formula is C16H13F3N2O3. The second-order valence-corrected chi connectivity index (χ2v) is 4.70. The number of hydrogen-bond acceptors (Lipinski definition) is 4. The molecule has 1 amide bonds. The number of hydrazone groups is 1. The van der Waals surface area contributed by atoms with Crippen molar-refractivity contribution in [2.75, 3.05) is 6.61 Å². The largest absolute Gasteiger partial charge is 0.508 e. The van der Waals surface area contributed by atoms with Crippen LogP contribution in [-0.2, 0) is 11.0 Å². The number of carbonyl (C=O) groups excluding carboxylic acids is 1. The van der Waals surface area contributed by atoms with E-state index in [1.807, 2.05) is 0 Å². The van der Waals surface area contributed by atoms with Crippen LogP contribution in [0.4, 0.5) is 13.2 Å². The average Bonchev–Trinajstić information content (AvgIpc) is 2.52. The molecule has 0 spiro atoms. The number of carbonyl (C=O) groups is 1. The Morgan fingerprint density at radius 1 is 1.21 bits per heavy atom. The van der Waals surface area contributed by atoms with Crippen molar-refractivity contribution in [3.05, 3.63) is 59.7 Å². The first-order valence-electron chi connectivity index (χ1n) is 6.75. The van der Waals surface area contributed by atoms with Crippen molar-refractivity contribution in [1.82, 2.24) is 5.43 Å². The molecule has 0 radical (unpaired) electrons. The van der Waals surface area contributed by atoms with Crippen molar-refractivity contribution in [2.45, 2.75) is 6.18 Å². The minimum absolute atomic E-state index is 0.0538. The monoisotopic (exact) mass is 338 g/mol. The molecule has 0 bridgehead atoms. The number of rotatable bonds is 5. The van der Waals surface area contributed by atoms with E-state index in [4.69, 9.17) is 4.74 Å². The fraction of sp³-hybridized carbons (Fsp3) is 0.125. The van der Waals surface area contributed by atoms with Gasteiger partial charge in [-0.1, -0.05) is 18.2 Å². The molecule has 0 heterocycles. The van der Waals surface area contributed by atoms with Crippen LogP contribution < -0.4 is 10.2 Å². The van der Waals surface area contributed by atoms with Crippen LogP contribution in [0.3, 0.4) is 0 Å². The molecule has 24 heavy (non-hydrogen) atoms. The number of alkyl halides is 3. The lowest BCUT2D eigenvalue weighted by molar-refractivity contribution is -0.137. The number of halogens is 3. The van der Waals surface area contributed by atoms with Crippen LogP contribution in [0.25, 0.3) is 0 Å². The van der Waals surface area contributed by atoms with Gasteiger partial charge in [-0.3, -0.25) is 4.79 Å². The highest BCUT2D eigenvalue weighted by molar-refractivity contribution is 5.83. The summed E-state index contributed by atoms with van der Waals surface area (Å²) >= 11 is 0. The first-order chi connectivity index (χ1) is 11.3. The Balaban J connectivity index is 1.85. The summed E-state index contributed by atoms with van der Waals surface area (Å²) in [4.78, 5) is 11.5. The van der Waals surface area contributed by atoms with E-state index in [1.165, 1.54) is 30.5 Å². The van der Waals surface area contributed by atoms with Gasteiger partial charge in [0.05, 0.1) is 11.8 Å². The third-order valence-corrected chi connectivity index (χ3v) is 2.80. The highest BCUT2D eigenvalue weighted by Crippen LogP contribution is 2.31. The van der Waals surface area contributed by atoms with Gasteiger partial charge in [-0.25, -0.2) is 5.43 Å². The molecule has 8 heteroatoms. The lowest BCUT2D eigenvalue weighted by atomic mass is 10.2. The first kappa shape index (κ1) is 17.3. The third-order valence-electron chi connectivity index (χ3n) is 2.80. The van der Waals surface area contributed by atoms with Gasteiger partial charge in [-0.2, -0.15) is 18.3 Å². The van der Waals surface area contributed by atoms with Crippen LogP contribution in [0.15, 0.2) is 53.6 Å². The fourth-order valence-corrected chi connectivity index (χ4v) is 1.73. The molecule has 2 aromatic carbocycles. The van der Waals surface area contributed by atoms with Gasteiger partial charge in [-0.05, 0) is 35.9 Å². The normalized spacial score (nSPS) is 11.5. The Hall–Kier alpha value is -3.03. The van der Waals surface area contributed by atoms with Crippen molar-refractivity contribution in [3.8, 4) is 11.5 Å². The predicted molar refractivity (Wildman–Crippen MR) is 80.8 cm³/mol. The van der Waals surface area contributed by atoms with Gasteiger partial charge in [0, 0.05) is 0 Å². The maximum absolute atomic E-state index is 12.6. The highest BCUT2D eigenvalue weighted by atomic mass is 19.4. The number of phenolic OH excluding ortho intramolecular Hbond substituents is 1. The van der Waals surface area contributed by atoms with Gasteiger partial charge in [0.15, 0.2) is 6.61 Å². The zero-order valence-corrected chi connectivity index (χ0v) is 12.2. The first-order valence-corrected chi connectivity index (χ1v) is 6.75. The molecule has 2 rings (SSSR count). The van der Waals surface area contributed by atoms with E-state index < -0.39 is 24.3 Å². The number of hydrogen-bond donors (Lipinski definition) is 2. The van der Waals surface area contributed by atoms with Gasteiger partial charge < -0.3 is 9.84 Å². The van der Waals surface area contributed by atoms with Crippen molar-refractivity contribution in [3.63, 3.8) is 0 Å². The molecule has 5 nitrogen and oxygen atoms in total. The van der Waals surface area contributed by atoms with E-state index in [2.05, 4.69) is 10.5 Å². The Labute approximate surface area is 135 Å². The van der Waals surface area contributed by atoms with E-state index in [-0.39, 0.29) is 11.5 Å². The van der Waals surface area contributed by atoms with Crippen LogP contribution in [-0.4, -0.2) is 23.8 Å². The summed E-state index contributed by atoms with van der Waals surface area (Å²) in [5, 5.41) is 12.9. The van der Waals surface area contributed by atoms with E-state index in [0.717, 1.165) is 12.1 Å². The van der Waals surface area contributed by atoms with Crippen LogP contribution in [0.5, 0.6) is 11.5 Å². The summed E-state index contributed by atoms with van der Waals surface area (Å²) in [5.41, 5.74) is 1.87. The lowest BCUT2D eigenvalue weighted by Gasteiger charge is -2.09. The molecule has 0 unspecified atom stereocenters. The van der Waals surface area contributed by atoms with Crippen LogP contribution in [0.2, 0.25) is 0 Å². The number of benzene rings is 2. The Morgan fingerprint density at radius 2 is 1.96 bits per heavy atom. The second-order valence-electron chi connectivity index (χ2n) is 4.70. The summed E-state index contributed by atoms with van der Waals surface area (Å²) in [6.45, 7) is -0.487. The van der Waals surface area contributed by atoms with Crippen LogP contribution in [0, 0.1) is 0 Å². The zero-order chi connectivity index (χ0) is 17.6. The molecule has 0 saturated heterocycles. The molecule has 0 aliphatic carbocycles. The Bertz CT molecular complexity index is 745. The highest BCUT2D eigenvalue weighted by Gasteiger charge is 2.30. The minimum Gasteiger partial charge on any atom is -0.508 e. The van der Waals surface area contributed by atoms with E-state index >= 15 is 0 Å². The standard InChI is InChI=1S/C16H13F3N2O3/c17-16(18,19)12-4-2-6-14(8-12)24-10-15(23)21-20-9-11-3-1-5-13(22)7-11/h1-9,22H,10H2,(H,21,23)/b20-9+. The lowest BCUT2D eigenvalue weighted by Crippen LogP contribution is -2.24. The molecular weight excluding hydrogens is 325 g/mol. The molecule has 0 saturated carbocycles. The van der Waals surface area contributed by atoms with Gasteiger partial charge in [0.1, 0.15) is 11.5 Å². The molecule has 0 fully saturated rings. The fourth-order valence-electron chi connectivity index (χ4n) is 1.73. The van der Waals surface area contributed by atoms with Crippen LogP contribution >= 0.6 is 0 Å². The number of nitrogens with one attached hydrogen (secondary N) is 1. The number of aromatic hydroxyl groups is 1. The number of nitrogens with zero attached hydrogens (tertiary/aromatic N) is 1. The van der Waals surface area contributed by atoms with Gasteiger partial charge in [0.2, 0.25) is 0 Å². The Kier molecular flexibility index (Phi) is 5.41. The van der Waals surface area contributed by atoms with Crippen molar-refractivity contribution < 1.29 is 27.8 Å². The smallest absolute Gasteiger partial charge is 0.416 e. The van der Waals surface area contributed by atoms with E-state index in [1.54, 1.807) is 12.1 Å². The van der Waals surface area contributed by atoms with Crippen molar-refractivity contribution >= 4 is 12.1 Å². The number of phenols is 1. The minimum atomic E-state index is -4.48. The zero-order valence-electron chi connectivity index (χ0n) is 12.2.